The van der Waals surface area contributed by atoms with Gasteiger partial charge in [0.15, 0.2) is 0 Å². The smallest absolute Gasteiger partial charge is 0.322 e. The van der Waals surface area contributed by atoms with Gasteiger partial charge in [-0.05, 0) is 31.4 Å². The number of H-pyrrole nitrogens is 1. The number of aromatic nitrogens is 4. The van der Waals surface area contributed by atoms with Crippen LogP contribution in [0.2, 0.25) is 0 Å². The van der Waals surface area contributed by atoms with Crippen LogP contribution in [0.5, 0.6) is 0 Å². The first-order valence-corrected chi connectivity index (χ1v) is 9.13. The van der Waals surface area contributed by atoms with Crippen molar-refractivity contribution in [1.82, 2.24) is 24.8 Å². The van der Waals surface area contributed by atoms with Gasteiger partial charge in [-0.25, -0.2) is 19.7 Å². The van der Waals surface area contributed by atoms with Gasteiger partial charge < -0.3 is 20.1 Å². The average molecular weight is 365 g/mol. The Labute approximate surface area is 157 Å². The van der Waals surface area contributed by atoms with Crippen LogP contribution >= 0.6 is 0 Å². The molecule has 1 aliphatic rings. The van der Waals surface area contributed by atoms with Crippen molar-refractivity contribution in [2.45, 2.75) is 25.3 Å². The maximum atomic E-state index is 12.9. The molecule has 3 aromatic rings. The monoisotopic (exact) mass is 365 g/mol. The number of nitrogens with zero attached hydrogens (tertiary/aromatic N) is 5. The number of anilines is 2. The highest BCUT2D eigenvalue weighted by Gasteiger charge is 2.30. The van der Waals surface area contributed by atoms with Gasteiger partial charge in [0.05, 0.1) is 35.2 Å². The summed E-state index contributed by atoms with van der Waals surface area (Å²) in [4.78, 5) is 33.1. The van der Waals surface area contributed by atoms with Gasteiger partial charge in [0.1, 0.15) is 5.82 Å². The minimum Gasteiger partial charge on any atom is -0.347 e. The molecule has 3 heterocycles. The van der Waals surface area contributed by atoms with E-state index in [-0.39, 0.29) is 12.1 Å². The second-order valence-corrected chi connectivity index (χ2v) is 6.94. The van der Waals surface area contributed by atoms with Crippen LogP contribution in [0.3, 0.4) is 0 Å². The fraction of sp³-hybridized carbons (Fsp3) is 0.368. The van der Waals surface area contributed by atoms with E-state index in [1.54, 1.807) is 12.4 Å². The SMILES string of the molecule is CN(C)c1ncc(NC(=O)N2CCCCC2c2nc3ccccc3[nH]2)cn1. The summed E-state index contributed by atoms with van der Waals surface area (Å²) in [5.41, 5.74) is 2.50. The third-order valence-electron chi connectivity index (χ3n) is 4.78. The quantitative estimate of drug-likeness (QED) is 0.744. The van der Waals surface area contributed by atoms with Crippen molar-refractivity contribution in [2.24, 2.45) is 0 Å². The van der Waals surface area contributed by atoms with E-state index < -0.39 is 0 Å². The van der Waals surface area contributed by atoms with Crippen molar-refractivity contribution >= 4 is 28.7 Å². The number of likely N-dealkylation sites (tertiary alicyclic amines) is 1. The second-order valence-electron chi connectivity index (χ2n) is 6.94. The number of imidazole rings is 1. The number of amides is 2. The van der Waals surface area contributed by atoms with Crippen LogP contribution in [0.15, 0.2) is 36.7 Å². The van der Waals surface area contributed by atoms with Gasteiger partial charge >= 0.3 is 6.03 Å². The van der Waals surface area contributed by atoms with Gasteiger partial charge in [-0.2, -0.15) is 0 Å². The van der Waals surface area contributed by atoms with Gasteiger partial charge in [-0.3, -0.25) is 0 Å². The molecule has 1 aromatic carbocycles. The number of para-hydroxylation sites is 2. The highest BCUT2D eigenvalue weighted by molar-refractivity contribution is 5.89. The Balaban J connectivity index is 1.53. The number of urea groups is 1. The van der Waals surface area contributed by atoms with Crippen molar-refractivity contribution < 1.29 is 4.79 Å². The van der Waals surface area contributed by atoms with Crippen LogP contribution in [0.25, 0.3) is 11.0 Å². The Kier molecular flexibility index (Phi) is 4.62. The summed E-state index contributed by atoms with van der Waals surface area (Å²) in [5, 5.41) is 2.91. The maximum Gasteiger partial charge on any atom is 0.322 e. The first-order valence-electron chi connectivity index (χ1n) is 9.13. The molecule has 1 saturated heterocycles. The molecular formula is C19H23N7O. The van der Waals surface area contributed by atoms with Gasteiger partial charge in [0, 0.05) is 20.6 Å². The molecular weight excluding hydrogens is 342 g/mol. The van der Waals surface area contributed by atoms with E-state index in [0.717, 1.165) is 36.1 Å². The summed E-state index contributed by atoms with van der Waals surface area (Å²) in [6, 6.07) is 7.71. The predicted molar refractivity (Wildman–Crippen MR) is 105 cm³/mol. The third-order valence-corrected chi connectivity index (χ3v) is 4.78. The Bertz CT molecular complexity index is 902. The lowest BCUT2D eigenvalue weighted by Gasteiger charge is -2.34. The fourth-order valence-electron chi connectivity index (χ4n) is 3.40. The molecule has 0 bridgehead atoms. The number of carbonyl (C=O) groups is 1. The van der Waals surface area contributed by atoms with Crippen molar-refractivity contribution in [3.63, 3.8) is 0 Å². The standard InChI is InChI=1S/C19H23N7O/c1-25(2)18-20-11-13(12-21-18)22-19(27)26-10-6-5-9-16(26)17-23-14-7-3-4-8-15(14)24-17/h3-4,7-8,11-12,16H,5-6,9-10H2,1-2H3,(H,22,27)(H,23,24). The highest BCUT2D eigenvalue weighted by Crippen LogP contribution is 2.31. The summed E-state index contributed by atoms with van der Waals surface area (Å²) in [7, 11) is 3.75. The molecule has 2 amide bonds. The van der Waals surface area contributed by atoms with E-state index in [1.807, 2.05) is 48.2 Å². The van der Waals surface area contributed by atoms with Crippen LogP contribution in [0.4, 0.5) is 16.4 Å². The van der Waals surface area contributed by atoms with Gasteiger partial charge in [-0.1, -0.05) is 12.1 Å². The third kappa shape index (κ3) is 3.55. The first kappa shape index (κ1) is 17.3. The predicted octanol–water partition coefficient (Wildman–Crippen LogP) is 3.18. The molecule has 0 spiro atoms. The molecule has 27 heavy (non-hydrogen) atoms. The van der Waals surface area contributed by atoms with Crippen molar-refractivity contribution in [3.05, 3.63) is 42.5 Å². The first-order chi connectivity index (χ1) is 13.1. The summed E-state index contributed by atoms with van der Waals surface area (Å²) >= 11 is 0. The Morgan fingerprint density at radius 1 is 1.22 bits per heavy atom. The molecule has 2 aromatic heterocycles. The maximum absolute atomic E-state index is 12.9. The van der Waals surface area contributed by atoms with Crippen molar-refractivity contribution in [1.29, 1.82) is 0 Å². The van der Waals surface area contributed by atoms with E-state index in [0.29, 0.717) is 18.2 Å². The van der Waals surface area contributed by atoms with E-state index in [9.17, 15) is 4.79 Å². The summed E-state index contributed by atoms with van der Waals surface area (Å²) in [6.45, 7) is 0.699. The van der Waals surface area contributed by atoms with Crippen molar-refractivity contribution in [3.8, 4) is 0 Å². The Hall–Kier alpha value is -3.16. The molecule has 2 N–H and O–H groups in total. The van der Waals surface area contributed by atoms with Crippen LogP contribution in [0, 0.1) is 0 Å². The molecule has 1 unspecified atom stereocenters. The van der Waals surface area contributed by atoms with Crippen LogP contribution in [-0.4, -0.2) is 51.5 Å². The molecule has 140 valence electrons. The Morgan fingerprint density at radius 2 is 2.00 bits per heavy atom. The number of carbonyl (C=O) groups excluding carboxylic acids is 1. The number of hydrogen-bond donors (Lipinski definition) is 2. The lowest BCUT2D eigenvalue weighted by atomic mass is 10.0. The van der Waals surface area contributed by atoms with Gasteiger partial charge in [0.25, 0.3) is 0 Å². The fourth-order valence-corrected chi connectivity index (χ4v) is 3.40. The number of piperidine rings is 1. The summed E-state index contributed by atoms with van der Waals surface area (Å²) in [6.07, 6.45) is 6.20. The summed E-state index contributed by atoms with van der Waals surface area (Å²) < 4.78 is 0. The minimum atomic E-state index is -0.152. The zero-order valence-electron chi connectivity index (χ0n) is 15.5. The lowest BCUT2D eigenvalue weighted by molar-refractivity contribution is 0.160. The molecule has 0 radical (unpaired) electrons. The average Bonchev–Trinajstić information content (AvgIpc) is 3.12. The molecule has 4 rings (SSSR count). The number of rotatable bonds is 3. The van der Waals surface area contributed by atoms with Crippen LogP contribution in [0.1, 0.15) is 31.1 Å². The van der Waals surface area contributed by atoms with Crippen molar-refractivity contribution in [2.75, 3.05) is 30.9 Å². The largest absolute Gasteiger partial charge is 0.347 e. The normalized spacial score (nSPS) is 17.1. The molecule has 8 heteroatoms. The topological polar surface area (TPSA) is 90.0 Å². The summed E-state index contributed by atoms with van der Waals surface area (Å²) in [5.74, 6) is 1.44. The minimum absolute atomic E-state index is 0.0619. The number of hydrogen-bond acceptors (Lipinski definition) is 5. The molecule has 0 aliphatic carbocycles. The number of nitrogens with one attached hydrogen (secondary N) is 2. The van der Waals surface area contributed by atoms with E-state index in [1.165, 1.54) is 0 Å². The number of benzene rings is 1. The second kappa shape index (κ2) is 7.22. The zero-order chi connectivity index (χ0) is 18.8. The molecule has 1 aliphatic heterocycles. The van der Waals surface area contributed by atoms with Crippen LogP contribution in [-0.2, 0) is 0 Å². The molecule has 0 saturated carbocycles. The highest BCUT2D eigenvalue weighted by atomic mass is 16.2. The number of aromatic amines is 1. The van der Waals surface area contributed by atoms with E-state index in [2.05, 4.69) is 20.3 Å². The molecule has 1 fully saturated rings. The van der Waals surface area contributed by atoms with E-state index in [4.69, 9.17) is 4.98 Å². The molecule has 1 atom stereocenters. The van der Waals surface area contributed by atoms with Crippen LogP contribution < -0.4 is 10.2 Å². The Morgan fingerprint density at radius 3 is 2.74 bits per heavy atom. The number of fused-ring (bicyclic) bond motifs is 1. The molecule has 8 nitrogen and oxygen atoms in total. The van der Waals surface area contributed by atoms with Gasteiger partial charge in [0.2, 0.25) is 5.95 Å². The van der Waals surface area contributed by atoms with E-state index >= 15 is 0 Å². The lowest BCUT2D eigenvalue weighted by Crippen LogP contribution is -2.41. The zero-order valence-corrected chi connectivity index (χ0v) is 15.5. The van der Waals surface area contributed by atoms with Gasteiger partial charge in [-0.15, -0.1) is 0 Å².